The highest BCUT2D eigenvalue weighted by atomic mass is 16.5. The van der Waals surface area contributed by atoms with Gasteiger partial charge in [0.05, 0.1) is 11.6 Å². The molecule has 0 amide bonds. The first-order valence-corrected chi connectivity index (χ1v) is 9.97. The molecule has 1 aromatic heterocycles. The van der Waals surface area contributed by atoms with Gasteiger partial charge >= 0.3 is 0 Å². The van der Waals surface area contributed by atoms with Crippen LogP contribution in [-0.4, -0.2) is 10.8 Å². The molecule has 3 aromatic rings. The van der Waals surface area contributed by atoms with Crippen LogP contribution in [0.5, 0.6) is 5.75 Å². The summed E-state index contributed by atoms with van der Waals surface area (Å²) in [6, 6.07) is 17.5. The third-order valence-electron chi connectivity index (χ3n) is 6.22. The number of ether oxygens (including phenoxy) is 1. The normalized spacial score (nSPS) is 15.8. The van der Waals surface area contributed by atoms with Crippen LogP contribution in [0.15, 0.2) is 66.5 Å². The first kappa shape index (κ1) is 18.3. The van der Waals surface area contributed by atoms with E-state index < -0.39 is 0 Å². The van der Waals surface area contributed by atoms with Crippen molar-refractivity contribution in [1.29, 1.82) is 5.26 Å². The average Bonchev–Trinajstić information content (AvgIpc) is 3.17. The first-order chi connectivity index (χ1) is 14.5. The van der Waals surface area contributed by atoms with E-state index in [1.165, 1.54) is 0 Å². The summed E-state index contributed by atoms with van der Waals surface area (Å²) in [7, 11) is 0. The Hall–Kier alpha value is -3.71. The lowest BCUT2D eigenvalue weighted by Crippen LogP contribution is -2.29. The number of carbonyl (C=O) groups excluding carboxylic acids is 1. The van der Waals surface area contributed by atoms with Gasteiger partial charge < -0.3 is 4.74 Å². The van der Waals surface area contributed by atoms with E-state index in [1.54, 1.807) is 18.5 Å². The SMILES string of the molecule is CC1(C)C2=C(C(=O)c3cc(OCc4ccncc4)ccc31)c1ccc(C#N)cc1C2. The van der Waals surface area contributed by atoms with E-state index in [1.807, 2.05) is 42.5 Å². The van der Waals surface area contributed by atoms with Gasteiger partial charge in [-0.1, -0.05) is 26.0 Å². The third kappa shape index (κ3) is 2.74. The highest BCUT2D eigenvalue weighted by Crippen LogP contribution is 2.50. The molecular formula is C26H20N2O2. The number of hydrogen-bond acceptors (Lipinski definition) is 4. The standard InChI is InChI=1S/C26H20N2O2/c1-26(2)22-6-4-19(30-15-16-7-9-28-10-8-16)13-21(22)25(29)24-20-5-3-17(14-27)11-18(20)12-23(24)26/h3-11,13H,12,15H2,1-2H3. The highest BCUT2D eigenvalue weighted by Gasteiger charge is 2.42. The summed E-state index contributed by atoms with van der Waals surface area (Å²) < 4.78 is 5.95. The van der Waals surface area contributed by atoms with Crippen LogP contribution < -0.4 is 4.74 Å². The van der Waals surface area contributed by atoms with Gasteiger partial charge in [0.2, 0.25) is 0 Å². The molecule has 146 valence electrons. The van der Waals surface area contributed by atoms with E-state index in [4.69, 9.17) is 4.74 Å². The van der Waals surface area contributed by atoms with Gasteiger partial charge in [-0.2, -0.15) is 5.26 Å². The minimum Gasteiger partial charge on any atom is -0.489 e. The van der Waals surface area contributed by atoms with Crippen LogP contribution >= 0.6 is 0 Å². The van der Waals surface area contributed by atoms with Crippen molar-refractivity contribution in [1.82, 2.24) is 4.98 Å². The number of fused-ring (bicyclic) bond motifs is 3. The fourth-order valence-corrected chi connectivity index (χ4v) is 4.58. The molecule has 0 radical (unpaired) electrons. The van der Waals surface area contributed by atoms with Crippen LogP contribution in [0.25, 0.3) is 5.57 Å². The highest BCUT2D eigenvalue weighted by molar-refractivity contribution is 6.33. The van der Waals surface area contributed by atoms with Crippen LogP contribution in [0.2, 0.25) is 0 Å². The van der Waals surface area contributed by atoms with Gasteiger partial charge in [-0.15, -0.1) is 0 Å². The molecule has 0 spiro atoms. The van der Waals surface area contributed by atoms with E-state index in [0.29, 0.717) is 29.9 Å². The van der Waals surface area contributed by atoms with Crippen molar-refractivity contribution in [2.75, 3.05) is 0 Å². The monoisotopic (exact) mass is 392 g/mol. The largest absolute Gasteiger partial charge is 0.489 e. The molecule has 0 fully saturated rings. The molecule has 0 saturated carbocycles. The lowest BCUT2D eigenvalue weighted by molar-refractivity contribution is 0.105. The molecular weight excluding hydrogens is 372 g/mol. The Morgan fingerprint density at radius 1 is 1.07 bits per heavy atom. The minimum atomic E-state index is -0.270. The molecule has 0 atom stereocenters. The van der Waals surface area contributed by atoms with Gasteiger partial charge in [0, 0.05) is 28.9 Å². The number of rotatable bonds is 3. The molecule has 2 aromatic carbocycles. The smallest absolute Gasteiger partial charge is 0.194 e. The predicted molar refractivity (Wildman–Crippen MR) is 114 cm³/mol. The molecule has 4 heteroatoms. The fourth-order valence-electron chi connectivity index (χ4n) is 4.58. The summed E-state index contributed by atoms with van der Waals surface area (Å²) in [5, 5.41) is 9.24. The summed E-state index contributed by atoms with van der Waals surface area (Å²) in [5.74, 6) is 0.717. The van der Waals surface area contributed by atoms with Crippen LogP contribution in [0.1, 0.15) is 52.0 Å². The summed E-state index contributed by atoms with van der Waals surface area (Å²) in [6.07, 6.45) is 4.18. The zero-order valence-electron chi connectivity index (χ0n) is 16.9. The number of ketones is 1. The van der Waals surface area contributed by atoms with Crippen molar-refractivity contribution in [2.45, 2.75) is 32.3 Å². The quantitative estimate of drug-likeness (QED) is 0.628. The minimum absolute atomic E-state index is 0.0390. The van der Waals surface area contributed by atoms with E-state index in [0.717, 1.165) is 33.4 Å². The van der Waals surface area contributed by atoms with E-state index in [-0.39, 0.29) is 11.2 Å². The summed E-state index contributed by atoms with van der Waals surface area (Å²) in [6.45, 7) is 4.76. The molecule has 0 unspecified atom stereocenters. The number of carbonyl (C=O) groups is 1. The second-order valence-corrected chi connectivity index (χ2v) is 8.32. The Morgan fingerprint density at radius 2 is 1.87 bits per heavy atom. The Morgan fingerprint density at radius 3 is 2.63 bits per heavy atom. The fraction of sp³-hybridized carbons (Fsp3) is 0.192. The van der Waals surface area contributed by atoms with Gasteiger partial charge in [-0.25, -0.2) is 0 Å². The lowest BCUT2D eigenvalue weighted by atomic mass is 9.68. The molecule has 0 saturated heterocycles. The van der Waals surface area contributed by atoms with Crippen molar-refractivity contribution in [2.24, 2.45) is 0 Å². The van der Waals surface area contributed by atoms with Crippen molar-refractivity contribution in [3.63, 3.8) is 0 Å². The summed E-state index contributed by atoms with van der Waals surface area (Å²) in [4.78, 5) is 17.6. The second kappa shape index (κ2) is 6.67. The van der Waals surface area contributed by atoms with Crippen molar-refractivity contribution in [3.05, 3.63) is 99.9 Å². The molecule has 5 rings (SSSR count). The molecule has 30 heavy (non-hydrogen) atoms. The number of benzene rings is 2. The number of allylic oxidation sites excluding steroid dienone is 2. The van der Waals surface area contributed by atoms with Crippen LogP contribution in [-0.2, 0) is 18.4 Å². The van der Waals surface area contributed by atoms with E-state index in [9.17, 15) is 10.1 Å². The topological polar surface area (TPSA) is 63.0 Å². The maximum Gasteiger partial charge on any atom is 0.194 e. The summed E-state index contributed by atoms with van der Waals surface area (Å²) >= 11 is 0. The molecule has 1 heterocycles. The number of pyridine rings is 1. The van der Waals surface area contributed by atoms with E-state index in [2.05, 4.69) is 24.9 Å². The molecule has 2 aliphatic carbocycles. The number of Topliss-reactive ketones (excluding diaryl/α,β-unsaturated/α-hetero) is 1. The maximum absolute atomic E-state index is 13.5. The number of nitrogens with zero attached hydrogens (tertiary/aromatic N) is 2. The van der Waals surface area contributed by atoms with Crippen LogP contribution in [0, 0.1) is 11.3 Å². The van der Waals surface area contributed by atoms with Crippen molar-refractivity contribution >= 4 is 11.4 Å². The van der Waals surface area contributed by atoms with Gasteiger partial charge in [0.25, 0.3) is 0 Å². The predicted octanol–water partition coefficient (Wildman–Crippen LogP) is 5.02. The maximum atomic E-state index is 13.5. The molecule has 0 bridgehead atoms. The zero-order chi connectivity index (χ0) is 20.9. The third-order valence-corrected chi connectivity index (χ3v) is 6.22. The Bertz CT molecular complexity index is 1260. The zero-order valence-corrected chi connectivity index (χ0v) is 16.9. The molecule has 0 aliphatic heterocycles. The molecule has 0 N–H and O–H groups in total. The number of nitriles is 1. The first-order valence-electron chi connectivity index (χ1n) is 9.97. The molecule has 4 nitrogen and oxygen atoms in total. The van der Waals surface area contributed by atoms with Gasteiger partial charge in [0.1, 0.15) is 12.4 Å². The average molecular weight is 392 g/mol. The van der Waals surface area contributed by atoms with Crippen LogP contribution in [0.3, 0.4) is 0 Å². The van der Waals surface area contributed by atoms with Gasteiger partial charge in [-0.3, -0.25) is 9.78 Å². The Balaban J connectivity index is 1.53. The van der Waals surface area contributed by atoms with E-state index >= 15 is 0 Å². The Labute approximate surface area is 175 Å². The molecule has 2 aliphatic rings. The van der Waals surface area contributed by atoms with Crippen LogP contribution in [0.4, 0.5) is 0 Å². The van der Waals surface area contributed by atoms with Gasteiger partial charge in [0.15, 0.2) is 5.78 Å². The summed E-state index contributed by atoms with van der Waals surface area (Å²) in [5.41, 5.74) is 7.04. The lowest BCUT2D eigenvalue weighted by Gasteiger charge is -2.34. The van der Waals surface area contributed by atoms with Crippen molar-refractivity contribution in [3.8, 4) is 11.8 Å². The van der Waals surface area contributed by atoms with Gasteiger partial charge in [-0.05, 0) is 70.6 Å². The van der Waals surface area contributed by atoms with Crippen molar-refractivity contribution < 1.29 is 9.53 Å². The number of aromatic nitrogens is 1. The second-order valence-electron chi connectivity index (χ2n) is 8.32. The Kier molecular flexibility index (Phi) is 4.08. The number of hydrogen-bond donors (Lipinski definition) is 0.